The monoisotopic (exact) mass is 210 g/mol. The van der Waals surface area contributed by atoms with Gasteiger partial charge in [0.15, 0.2) is 0 Å². The number of piperidine rings is 1. The van der Waals surface area contributed by atoms with Crippen LogP contribution in [0.2, 0.25) is 0 Å². The summed E-state index contributed by atoms with van der Waals surface area (Å²) in [6, 6.07) is 0.799. The SMILES string of the molecule is CC1CCC(CN)CN1CC1CCCC1. The second-order valence-electron chi connectivity index (χ2n) is 5.63. The molecule has 2 rings (SSSR count). The normalized spacial score (nSPS) is 34.8. The van der Waals surface area contributed by atoms with Crippen molar-refractivity contribution in [3.8, 4) is 0 Å². The summed E-state index contributed by atoms with van der Waals surface area (Å²) in [5.41, 5.74) is 5.79. The molecule has 2 atom stereocenters. The van der Waals surface area contributed by atoms with E-state index in [2.05, 4.69) is 11.8 Å². The summed E-state index contributed by atoms with van der Waals surface area (Å²) >= 11 is 0. The first-order valence-electron chi connectivity index (χ1n) is 6.73. The van der Waals surface area contributed by atoms with Gasteiger partial charge in [-0.2, -0.15) is 0 Å². The molecule has 0 amide bonds. The van der Waals surface area contributed by atoms with Gasteiger partial charge in [0.2, 0.25) is 0 Å². The Morgan fingerprint density at radius 3 is 2.47 bits per heavy atom. The fourth-order valence-corrected chi connectivity index (χ4v) is 3.23. The largest absolute Gasteiger partial charge is 0.330 e. The van der Waals surface area contributed by atoms with Crippen LogP contribution in [0.4, 0.5) is 0 Å². The molecule has 1 heterocycles. The average Bonchev–Trinajstić information content (AvgIpc) is 2.74. The third-order valence-electron chi connectivity index (χ3n) is 4.41. The molecule has 88 valence electrons. The van der Waals surface area contributed by atoms with Crippen LogP contribution in [0.5, 0.6) is 0 Å². The Hall–Kier alpha value is -0.0800. The van der Waals surface area contributed by atoms with Crippen LogP contribution < -0.4 is 5.73 Å². The van der Waals surface area contributed by atoms with Gasteiger partial charge in [-0.15, -0.1) is 0 Å². The molecule has 2 N–H and O–H groups in total. The van der Waals surface area contributed by atoms with Crippen LogP contribution in [0.25, 0.3) is 0 Å². The lowest BCUT2D eigenvalue weighted by Crippen LogP contribution is -2.45. The molecule has 0 radical (unpaired) electrons. The van der Waals surface area contributed by atoms with Crippen LogP contribution in [-0.4, -0.2) is 30.6 Å². The van der Waals surface area contributed by atoms with E-state index in [9.17, 15) is 0 Å². The standard InChI is InChI=1S/C13H26N2/c1-11-6-7-13(8-14)10-15(11)9-12-4-2-3-5-12/h11-13H,2-10,14H2,1H3. The summed E-state index contributed by atoms with van der Waals surface area (Å²) < 4.78 is 0. The molecule has 1 saturated heterocycles. The van der Waals surface area contributed by atoms with Gasteiger partial charge in [0.05, 0.1) is 0 Å². The van der Waals surface area contributed by atoms with Crippen molar-refractivity contribution in [2.75, 3.05) is 19.6 Å². The third-order valence-corrected chi connectivity index (χ3v) is 4.41. The number of hydrogen-bond donors (Lipinski definition) is 1. The Morgan fingerprint density at radius 2 is 1.80 bits per heavy atom. The van der Waals surface area contributed by atoms with Crippen molar-refractivity contribution in [1.82, 2.24) is 4.90 Å². The highest BCUT2D eigenvalue weighted by molar-refractivity contribution is 4.82. The molecular formula is C13H26N2. The van der Waals surface area contributed by atoms with Crippen LogP contribution in [0, 0.1) is 11.8 Å². The zero-order valence-electron chi connectivity index (χ0n) is 10.1. The van der Waals surface area contributed by atoms with Crippen LogP contribution in [0.3, 0.4) is 0 Å². The molecular weight excluding hydrogens is 184 g/mol. The van der Waals surface area contributed by atoms with E-state index >= 15 is 0 Å². The maximum absolute atomic E-state index is 5.79. The second kappa shape index (κ2) is 5.31. The molecule has 1 saturated carbocycles. The predicted molar refractivity (Wildman–Crippen MR) is 64.8 cm³/mol. The summed E-state index contributed by atoms with van der Waals surface area (Å²) in [6.45, 7) is 5.88. The van der Waals surface area contributed by atoms with Gasteiger partial charge in [-0.3, -0.25) is 0 Å². The molecule has 0 spiro atoms. The minimum atomic E-state index is 0.766. The van der Waals surface area contributed by atoms with E-state index in [1.807, 2.05) is 0 Å². The Morgan fingerprint density at radius 1 is 1.07 bits per heavy atom. The molecule has 0 aromatic heterocycles. The number of nitrogens with zero attached hydrogens (tertiary/aromatic N) is 1. The Balaban J connectivity index is 1.82. The molecule has 2 nitrogen and oxygen atoms in total. The Labute approximate surface area is 94.2 Å². The summed E-state index contributed by atoms with van der Waals surface area (Å²) in [5, 5.41) is 0. The zero-order chi connectivity index (χ0) is 10.7. The number of hydrogen-bond acceptors (Lipinski definition) is 2. The van der Waals surface area contributed by atoms with Crippen LogP contribution in [-0.2, 0) is 0 Å². The highest BCUT2D eigenvalue weighted by Gasteiger charge is 2.27. The van der Waals surface area contributed by atoms with Crippen LogP contribution in [0.1, 0.15) is 45.4 Å². The van der Waals surface area contributed by atoms with E-state index in [0.29, 0.717) is 0 Å². The molecule has 2 unspecified atom stereocenters. The Bertz CT molecular complexity index is 187. The minimum absolute atomic E-state index is 0.766. The van der Waals surface area contributed by atoms with E-state index in [0.717, 1.165) is 24.4 Å². The van der Waals surface area contributed by atoms with E-state index in [1.165, 1.54) is 51.6 Å². The van der Waals surface area contributed by atoms with Gasteiger partial charge in [-0.05, 0) is 51.0 Å². The predicted octanol–water partition coefficient (Wildman–Crippen LogP) is 2.24. The lowest BCUT2D eigenvalue weighted by Gasteiger charge is -2.39. The average molecular weight is 210 g/mol. The van der Waals surface area contributed by atoms with Gasteiger partial charge in [-0.25, -0.2) is 0 Å². The van der Waals surface area contributed by atoms with Crippen LogP contribution in [0.15, 0.2) is 0 Å². The molecule has 2 heteroatoms. The highest BCUT2D eigenvalue weighted by Crippen LogP contribution is 2.29. The van der Waals surface area contributed by atoms with E-state index in [4.69, 9.17) is 5.73 Å². The topological polar surface area (TPSA) is 29.3 Å². The van der Waals surface area contributed by atoms with Crippen molar-refractivity contribution in [3.05, 3.63) is 0 Å². The second-order valence-corrected chi connectivity index (χ2v) is 5.63. The van der Waals surface area contributed by atoms with E-state index < -0.39 is 0 Å². The van der Waals surface area contributed by atoms with E-state index in [-0.39, 0.29) is 0 Å². The van der Waals surface area contributed by atoms with Gasteiger partial charge in [-0.1, -0.05) is 12.8 Å². The first kappa shape index (κ1) is 11.4. The van der Waals surface area contributed by atoms with E-state index in [1.54, 1.807) is 0 Å². The van der Waals surface area contributed by atoms with Gasteiger partial charge in [0.1, 0.15) is 0 Å². The van der Waals surface area contributed by atoms with Crippen molar-refractivity contribution in [1.29, 1.82) is 0 Å². The first-order valence-corrected chi connectivity index (χ1v) is 6.73. The number of rotatable bonds is 3. The molecule has 2 aliphatic rings. The van der Waals surface area contributed by atoms with Crippen molar-refractivity contribution >= 4 is 0 Å². The third kappa shape index (κ3) is 2.94. The molecule has 1 aliphatic carbocycles. The lowest BCUT2D eigenvalue weighted by molar-refractivity contribution is 0.102. The zero-order valence-corrected chi connectivity index (χ0v) is 10.1. The molecule has 0 aromatic rings. The highest BCUT2D eigenvalue weighted by atomic mass is 15.2. The van der Waals surface area contributed by atoms with Gasteiger partial charge < -0.3 is 10.6 Å². The summed E-state index contributed by atoms with van der Waals surface area (Å²) in [7, 11) is 0. The quantitative estimate of drug-likeness (QED) is 0.774. The molecule has 0 bridgehead atoms. The Kier molecular flexibility index (Phi) is 4.04. The lowest BCUT2D eigenvalue weighted by atomic mass is 9.92. The molecule has 0 aromatic carbocycles. The van der Waals surface area contributed by atoms with Crippen LogP contribution >= 0.6 is 0 Å². The fourth-order valence-electron chi connectivity index (χ4n) is 3.23. The number of likely N-dealkylation sites (tertiary alicyclic amines) is 1. The fraction of sp³-hybridized carbons (Fsp3) is 1.00. The summed E-state index contributed by atoms with van der Waals surface area (Å²) in [4.78, 5) is 2.71. The van der Waals surface area contributed by atoms with Crippen molar-refractivity contribution in [3.63, 3.8) is 0 Å². The maximum Gasteiger partial charge on any atom is 0.00672 e. The first-order chi connectivity index (χ1) is 7.29. The summed E-state index contributed by atoms with van der Waals surface area (Å²) in [6.07, 6.45) is 8.57. The van der Waals surface area contributed by atoms with Gasteiger partial charge in [0, 0.05) is 19.1 Å². The molecule has 1 aliphatic heterocycles. The van der Waals surface area contributed by atoms with Gasteiger partial charge in [0.25, 0.3) is 0 Å². The van der Waals surface area contributed by atoms with Crippen molar-refractivity contribution in [2.24, 2.45) is 17.6 Å². The molecule has 15 heavy (non-hydrogen) atoms. The van der Waals surface area contributed by atoms with Crippen molar-refractivity contribution in [2.45, 2.75) is 51.5 Å². The maximum atomic E-state index is 5.79. The smallest absolute Gasteiger partial charge is 0.00672 e. The van der Waals surface area contributed by atoms with Crippen molar-refractivity contribution < 1.29 is 0 Å². The molecule has 2 fully saturated rings. The van der Waals surface area contributed by atoms with Gasteiger partial charge >= 0.3 is 0 Å². The minimum Gasteiger partial charge on any atom is -0.330 e. The summed E-state index contributed by atoms with van der Waals surface area (Å²) in [5.74, 6) is 1.76. The number of nitrogens with two attached hydrogens (primary N) is 1.